The van der Waals surface area contributed by atoms with Crippen LogP contribution in [0.1, 0.15) is 6.42 Å². The molecule has 0 bridgehead atoms. The third-order valence-corrected chi connectivity index (χ3v) is 3.89. The minimum absolute atomic E-state index is 0.121. The highest BCUT2D eigenvalue weighted by Crippen LogP contribution is 2.32. The summed E-state index contributed by atoms with van der Waals surface area (Å²) in [6.07, 6.45) is 2.19. The zero-order valence-electron chi connectivity index (χ0n) is 9.21. The summed E-state index contributed by atoms with van der Waals surface area (Å²) in [5.41, 5.74) is 11.7. The van der Waals surface area contributed by atoms with Crippen LogP contribution < -0.4 is 16.4 Å². The van der Waals surface area contributed by atoms with Crippen LogP contribution in [0.3, 0.4) is 0 Å². The lowest BCUT2D eigenvalue weighted by Crippen LogP contribution is -2.28. The van der Waals surface area contributed by atoms with Crippen LogP contribution in [-0.2, 0) is 15.0 Å². The molecule has 18 heavy (non-hydrogen) atoms. The van der Waals surface area contributed by atoms with Crippen LogP contribution in [0.15, 0.2) is 12.4 Å². The lowest BCUT2D eigenvalue weighted by atomic mass is 10.3. The number of nitrogens with two attached hydrogens (primary N) is 2. The molecule has 0 aliphatic carbocycles. The van der Waals surface area contributed by atoms with Gasteiger partial charge in [-0.1, -0.05) is 0 Å². The molecule has 7 nitrogen and oxygen atoms in total. The van der Waals surface area contributed by atoms with Gasteiger partial charge < -0.3 is 16.4 Å². The molecule has 0 saturated carbocycles. The summed E-state index contributed by atoms with van der Waals surface area (Å²) in [5.74, 6) is -0.527. The Morgan fingerprint density at radius 2 is 2.06 bits per heavy atom. The van der Waals surface area contributed by atoms with Gasteiger partial charge in [0.15, 0.2) is 0 Å². The first-order valence-electron chi connectivity index (χ1n) is 5.03. The summed E-state index contributed by atoms with van der Waals surface area (Å²) >= 11 is 0. The van der Waals surface area contributed by atoms with E-state index in [1.807, 2.05) is 0 Å². The van der Waals surface area contributed by atoms with Gasteiger partial charge in [-0.05, 0) is 0 Å². The number of anilines is 3. The fraction of sp³-hybridized carbons (Fsp3) is 0.333. The highest BCUT2D eigenvalue weighted by molar-refractivity contribution is 7.87. The minimum Gasteiger partial charge on any atom is -0.396 e. The zero-order valence-corrected chi connectivity index (χ0v) is 10.0. The number of hydrogen-bond acceptors (Lipinski definition) is 6. The molecule has 0 radical (unpaired) electrons. The van der Waals surface area contributed by atoms with Gasteiger partial charge in [0.05, 0.1) is 29.5 Å². The molecule has 9 heteroatoms. The largest absolute Gasteiger partial charge is 0.396 e. The van der Waals surface area contributed by atoms with Crippen molar-refractivity contribution in [3.8, 4) is 0 Å². The molecule has 0 spiro atoms. The predicted molar refractivity (Wildman–Crippen MR) is 63.8 cm³/mol. The molecule has 1 unspecified atom stereocenters. The van der Waals surface area contributed by atoms with E-state index < -0.39 is 27.8 Å². The lowest BCUT2D eigenvalue weighted by Gasteiger charge is -2.18. The molecule has 1 amide bonds. The summed E-state index contributed by atoms with van der Waals surface area (Å²) in [5, 5.41) is -1.37. The smallest absolute Gasteiger partial charge is 0.307 e. The topological polar surface area (TPSA) is 119 Å². The molecule has 4 N–H and O–H groups in total. The van der Waals surface area contributed by atoms with E-state index in [0.29, 0.717) is 0 Å². The first kappa shape index (κ1) is 12.6. The van der Waals surface area contributed by atoms with Crippen molar-refractivity contribution in [2.75, 3.05) is 22.9 Å². The number of amides is 1. The Morgan fingerprint density at radius 1 is 1.39 bits per heavy atom. The van der Waals surface area contributed by atoms with E-state index in [2.05, 4.69) is 4.98 Å². The Hall–Kier alpha value is -1.90. The molecule has 1 aliphatic heterocycles. The molecule has 2 heterocycles. The maximum Gasteiger partial charge on any atom is 0.307 e. The fourth-order valence-electron chi connectivity index (χ4n) is 1.79. The van der Waals surface area contributed by atoms with Crippen molar-refractivity contribution in [2.24, 2.45) is 0 Å². The van der Waals surface area contributed by atoms with Gasteiger partial charge in [-0.3, -0.25) is 9.78 Å². The van der Waals surface area contributed by atoms with Gasteiger partial charge >= 0.3 is 10.2 Å². The van der Waals surface area contributed by atoms with Gasteiger partial charge in [0.1, 0.15) is 5.25 Å². The zero-order chi connectivity index (χ0) is 13.5. The van der Waals surface area contributed by atoms with Crippen molar-refractivity contribution < 1.29 is 17.1 Å². The Kier molecular flexibility index (Phi) is 2.85. The van der Waals surface area contributed by atoms with Gasteiger partial charge in [0, 0.05) is 13.0 Å². The van der Waals surface area contributed by atoms with Crippen LogP contribution >= 0.6 is 0 Å². The summed E-state index contributed by atoms with van der Waals surface area (Å²) < 4.78 is 34.4. The first-order chi connectivity index (χ1) is 8.30. The normalized spacial score (nSPS) is 20.4. The van der Waals surface area contributed by atoms with E-state index in [0.717, 1.165) is 4.90 Å². The Balaban J connectivity index is 2.36. The maximum atomic E-state index is 12.9. The van der Waals surface area contributed by atoms with E-state index in [1.54, 1.807) is 0 Å². The van der Waals surface area contributed by atoms with Crippen molar-refractivity contribution in [3.05, 3.63) is 12.4 Å². The highest BCUT2D eigenvalue weighted by atomic mass is 32.3. The highest BCUT2D eigenvalue weighted by Gasteiger charge is 2.39. The van der Waals surface area contributed by atoms with Gasteiger partial charge in [0.2, 0.25) is 5.91 Å². The van der Waals surface area contributed by atoms with E-state index in [-0.39, 0.29) is 23.6 Å². The molecule has 1 fully saturated rings. The molecule has 0 aromatic carbocycles. The van der Waals surface area contributed by atoms with Crippen LogP contribution in [0.5, 0.6) is 0 Å². The average molecular weight is 274 g/mol. The standard InChI is InChI=1S/C9H11FN4O3S/c10-18(16,17)5-1-8(15)14(4-5)7-3-13-2-6(11)9(7)12/h2-3,5H,1,4,11H2,(H2,12,13). The maximum absolute atomic E-state index is 12.9. The number of nitrogen functional groups attached to an aromatic ring is 2. The SMILES string of the molecule is Nc1cncc(N2CC(S(=O)(=O)F)CC2=O)c1N. The number of nitrogens with zero attached hydrogens (tertiary/aromatic N) is 2. The number of aromatic nitrogens is 1. The number of pyridine rings is 1. The second-order valence-electron chi connectivity index (χ2n) is 3.97. The summed E-state index contributed by atoms with van der Waals surface area (Å²) in [6, 6.07) is 0. The number of hydrogen-bond donors (Lipinski definition) is 2. The Morgan fingerprint density at radius 3 is 2.61 bits per heavy atom. The second-order valence-corrected chi connectivity index (χ2v) is 5.59. The van der Waals surface area contributed by atoms with E-state index in [4.69, 9.17) is 11.5 Å². The van der Waals surface area contributed by atoms with Crippen molar-refractivity contribution in [1.29, 1.82) is 0 Å². The van der Waals surface area contributed by atoms with Crippen LogP contribution in [0.2, 0.25) is 0 Å². The minimum atomic E-state index is -4.75. The molecule has 1 aromatic rings. The van der Waals surface area contributed by atoms with E-state index in [1.165, 1.54) is 12.4 Å². The van der Waals surface area contributed by atoms with Crippen LogP contribution in [0.4, 0.5) is 20.9 Å². The molecule has 1 saturated heterocycles. The van der Waals surface area contributed by atoms with Gasteiger partial charge in [-0.25, -0.2) is 0 Å². The molecule has 1 atom stereocenters. The van der Waals surface area contributed by atoms with Crippen LogP contribution in [0, 0.1) is 0 Å². The summed E-state index contributed by atoms with van der Waals surface area (Å²) in [7, 11) is -4.75. The van der Waals surface area contributed by atoms with Crippen molar-refractivity contribution >= 4 is 33.2 Å². The lowest BCUT2D eigenvalue weighted by molar-refractivity contribution is -0.117. The van der Waals surface area contributed by atoms with Crippen LogP contribution in [-0.4, -0.2) is 31.1 Å². The molecule has 1 aromatic heterocycles. The van der Waals surface area contributed by atoms with Crippen molar-refractivity contribution in [3.63, 3.8) is 0 Å². The molecule has 98 valence electrons. The fourth-order valence-corrected chi connectivity index (χ4v) is 2.46. The van der Waals surface area contributed by atoms with Gasteiger partial charge in [0.25, 0.3) is 0 Å². The first-order valence-corrected chi connectivity index (χ1v) is 6.48. The summed E-state index contributed by atoms with van der Waals surface area (Å²) in [6.45, 7) is -0.285. The van der Waals surface area contributed by atoms with Crippen LogP contribution in [0.25, 0.3) is 0 Å². The number of halogens is 1. The Bertz CT molecular complexity index is 604. The predicted octanol–water partition coefficient (Wildman–Crippen LogP) is -0.349. The van der Waals surface area contributed by atoms with Gasteiger partial charge in [-0.15, -0.1) is 3.89 Å². The third-order valence-electron chi connectivity index (χ3n) is 2.78. The number of rotatable bonds is 2. The Labute approximate surface area is 103 Å². The number of carbonyl (C=O) groups is 1. The molecule has 1 aliphatic rings. The molecular formula is C9H11FN4O3S. The van der Waals surface area contributed by atoms with Crippen molar-refractivity contribution in [2.45, 2.75) is 11.7 Å². The summed E-state index contributed by atoms with van der Waals surface area (Å²) in [4.78, 5) is 16.5. The third kappa shape index (κ3) is 2.08. The average Bonchev–Trinajstić information content (AvgIpc) is 2.64. The second kappa shape index (κ2) is 4.09. The monoisotopic (exact) mass is 274 g/mol. The van der Waals surface area contributed by atoms with E-state index >= 15 is 0 Å². The van der Waals surface area contributed by atoms with E-state index in [9.17, 15) is 17.1 Å². The van der Waals surface area contributed by atoms with Gasteiger partial charge in [-0.2, -0.15) is 8.42 Å². The number of carbonyl (C=O) groups excluding carboxylic acids is 1. The van der Waals surface area contributed by atoms with Crippen molar-refractivity contribution in [1.82, 2.24) is 4.98 Å². The quantitative estimate of drug-likeness (QED) is 0.711. The molecular weight excluding hydrogens is 263 g/mol. The molecule has 2 rings (SSSR count).